The molecule has 2 aromatic heterocycles. The Bertz CT molecular complexity index is 490. The molecule has 0 aliphatic rings. The summed E-state index contributed by atoms with van der Waals surface area (Å²) in [6.07, 6.45) is 2.81. The van der Waals surface area contributed by atoms with Gasteiger partial charge >= 0.3 is 11.9 Å². The summed E-state index contributed by atoms with van der Waals surface area (Å²) in [7, 11) is 0. The highest BCUT2D eigenvalue weighted by Crippen LogP contribution is 2.27. The Morgan fingerprint density at radius 3 is 2.87 bits per heavy atom. The average Bonchev–Trinajstić information content (AvgIpc) is 2.61. The number of rotatable bonds is 2. The van der Waals surface area contributed by atoms with Crippen LogP contribution in [0.25, 0.3) is 5.65 Å². The molecule has 0 atom stereocenters. The van der Waals surface area contributed by atoms with E-state index < -0.39 is 17.6 Å². The number of carboxylic acids is 1. The minimum absolute atomic E-state index is 0.174. The molecule has 0 aliphatic carbocycles. The number of fused-ring (bicyclic) bond motifs is 1. The van der Waals surface area contributed by atoms with Crippen LogP contribution in [0.15, 0.2) is 24.5 Å². The van der Waals surface area contributed by atoms with Gasteiger partial charge in [0.1, 0.15) is 5.69 Å². The SMILES string of the molecule is O=C(O)C(F)(F)c1cc2ncccn2n1. The van der Waals surface area contributed by atoms with E-state index in [9.17, 15) is 13.6 Å². The number of aromatic nitrogens is 3. The van der Waals surface area contributed by atoms with Crippen molar-refractivity contribution >= 4 is 11.6 Å². The number of alkyl halides is 2. The van der Waals surface area contributed by atoms with Gasteiger partial charge in [0.05, 0.1) is 0 Å². The van der Waals surface area contributed by atoms with E-state index in [1.165, 1.54) is 18.5 Å². The fourth-order valence-corrected chi connectivity index (χ4v) is 1.09. The second kappa shape index (κ2) is 2.97. The van der Waals surface area contributed by atoms with Gasteiger partial charge in [-0.05, 0) is 6.07 Å². The molecular weight excluding hydrogens is 208 g/mol. The van der Waals surface area contributed by atoms with E-state index in [1.54, 1.807) is 0 Å². The third-order valence-corrected chi connectivity index (χ3v) is 1.83. The third-order valence-electron chi connectivity index (χ3n) is 1.83. The predicted octanol–water partition coefficient (Wildman–Crippen LogP) is 0.906. The van der Waals surface area contributed by atoms with Gasteiger partial charge in [-0.2, -0.15) is 13.9 Å². The molecule has 0 saturated carbocycles. The second-order valence-electron chi connectivity index (χ2n) is 2.83. The molecule has 0 radical (unpaired) electrons. The van der Waals surface area contributed by atoms with Crippen LogP contribution in [-0.4, -0.2) is 25.7 Å². The second-order valence-corrected chi connectivity index (χ2v) is 2.83. The molecule has 5 nitrogen and oxygen atoms in total. The van der Waals surface area contributed by atoms with E-state index >= 15 is 0 Å². The lowest BCUT2D eigenvalue weighted by molar-refractivity contribution is -0.166. The van der Waals surface area contributed by atoms with Gasteiger partial charge in [0.15, 0.2) is 5.65 Å². The van der Waals surface area contributed by atoms with Crippen LogP contribution in [0.2, 0.25) is 0 Å². The quantitative estimate of drug-likeness (QED) is 0.804. The lowest BCUT2D eigenvalue weighted by Gasteiger charge is -2.05. The standard InChI is InChI=1S/C8H5F2N3O2/c9-8(10,7(14)15)5-4-6-11-2-1-3-13(6)12-5/h1-4H,(H,14,15). The van der Waals surface area contributed by atoms with Gasteiger partial charge in [-0.25, -0.2) is 14.3 Å². The van der Waals surface area contributed by atoms with E-state index in [2.05, 4.69) is 10.1 Å². The lowest BCUT2D eigenvalue weighted by Crippen LogP contribution is -2.25. The Balaban J connectivity index is 2.58. The first-order valence-corrected chi connectivity index (χ1v) is 3.94. The van der Waals surface area contributed by atoms with Crippen molar-refractivity contribution in [2.24, 2.45) is 0 Å². The van der Waals surface area contributed by atoms with E-state index in [0.717, 1.165) is 10.6 Å². The number of nitrogens with zero attached hydrogens (tertiary/aromatic N) is 3. The summed E-state index contributed by atoms with van der Waals surface area (Å²) < 4.78 is 27.1. The Hall–Kier alpha value is -2.05. The molecule has 0 amide bonds. The summed E-state index contributed by atoms with van der Waals surface area (Å²) in [6, 6.07) is 2.44. The average molecular weight is 213 g/mol. The lowest BCUT2D eigenvalue weighted by atomic mass is 10.2. The number of hydrogen-bond donors (Lipinski definition) is 1. The molecule has 0 fully saturated rings. The molecule has 7 heteroatoms. The topological polar surface area (TPSA) is 67.5 Å². The molecule has 0 bridgehead atoms. The van der Waals surface area contributed by atoms with Crippen molar-refractivity contribution in [2.75, 3.05) is 0 Å². The highest BCUT2D eigenvalue weighted by molar-refractivity contribution is 5.77. The summed E-state index contributed by atoms with van der Waals surface area (Å²) in [5, 5.41) is 11.7. The van der Waals surface area contributed by atoms with Crippen LogP contribution in [0.5, 0.6) is 0 Å². The monoisotopic (exact) mass is 213 g/mol. The van der Waals surface area contributed by atoms with E-state index in [4.69, 9.17) is 5.11 Å². The summed E-state index contributed by atoms with van der Waals surface area (Å²) in [4.78, 5) is 14.0. The summed E-state index contributed by atoms with van der Waals surface area (Å²) in [5.41, 5.74) is -0.651. The van der Waals surface area contributed by atoms with Crippen molar-refractivity contribution < 1.29 is 18.7 Å². The van der Waals surface area contributed by atoms with Gasteiger partial charge in [0.25, 0.3) is 0 Å². The summed E-state index contributed by atoms with van der Waals surface area (Å²) in [6.45, 7) is 0. The van der Waals surface area contributed by atoms with Crippen LogP contribution in [0, 0.1) is 0 Å². The number of halogens is 2. The zero-order chi connectivity index (χ0) is 11.1. The van der Waals surface area contributed by atoms with Gasteiger partial charge in [-0.3, -0.25) is 0 Å². The molecule has 2 aromatic rings. The first-order chi connectivity index (χ1) is 7.01. The molecule has 0 spiro atoms. The van der Waals surface area contributed by atoms with Crippen molar-refractivity contribution in [1.82, 2.24) is 14.6 Å². The maximum Gasteiger partial charge on any atom is 0.386 e. The van der Waals surface area contributed by atoms with Crippen molar-refractivity contribution in [2.45, 2.75) is 5.92 Å². The molecule has 1 N–H and O–H groups in total. The first kappa shape index (κ1) is 9.50. The van der Waals surface area contributed by atoms with Crippen molar-refractivity contribution in [1.29, 1.82) is 0 Å². The largest absolute Gasteiger partial charge is 0.476 e. The van der Waals surface area contributed by atoms with Crippen LogP contribution in [0.3, 0.4) is 0 Å². The molecule has 78 valence electrons. The molecule has 15 heavy (non-hydrogen) atoms. The highest BCUT2D eigenvalue weighted by atomic mass is 19.3. The Morgan fingerprint density at radius 2 is 2.27 bits per heavy atom. The predicted molar refractivity (Wildman–Crippen MR) is 44.5 cm³/mol. The molecule has 2 rings (SSSR count). The van der Waals surface area contributed by atoms with E-state index in [0.29, 0.717) is 0 Å². The number of carboxylic acid groups (broad SMARTS) is 1. The first-order valence-electron chi connectivity index (χ1n) is 3.94. The molecule has 0 unspecified atom stereocenters. The van der Waals surface area contributed by atoms with E-state index in [1.807, 2.05) is 0 Å². The van der Waals surface area contributed by atoms with Crippen LogP contribution < -0.4 is 0 Å². The van der Waals surface area contributed by atoms with Crippen molar-refractivity contribution in [3.8, 4) is 0 Å². The smallest absolute Gasteiger partial charge is 0.386 e. The Morgan fingerprint density at radius 1 is 1.53 bits per heavy atom. The van der Waals surface area contributed by atoms with Gasteiger partial charge in [-0.1, -0.05) is 0 Å². The normalized spacial score (nSPS) is 11.9. The van der Waals surface area contributed by atoms with Gasteiger partial charge in [0.2, 0.25) is 0 Å². The maximum atomic E-state index is 13.0. The fourth-order valence-electron chi connectivity index (χ4n) is 1.09. The van der Waals surface area contributed by atoms with Crippen LogP contribution in [0.4, 0.5) is 8.78 Å². The fraction of sp³-hybridized carbons (Fsp3) is 0.125. The van der Waals surface area contributed by atoms with Crippen LogP contribution in [-0.2, 0) is 10.7 Å². The maximum absolute atomic E-state index is 13.0. The molecule has 0 aromatic carbocycles. The van der Waals surface area contributed by atoms with Crippen molar-refractivity contribution in [3.05, 3.63) is 30.2 Å². The number of carbonyl (C=O) groups is 1. The molecular formula is C8H5F2N3O2. The van der Waals surface area contributed by atoms with Gasteiger partial charge in [0, 0.05) is 18.5 Å². The van der Waals surface area contributed by atoms with E-state index in [-0.39, 0.29) is 5.65 Å². The minimum Gasteiger partial charge on any atom is -0.476 e. The van der Waals surface area contributed by atoms with Gasteiger partial charge in [-0.15, -0.1) is 0 Å². The molecule has 0 saturated heterocycles. The van der Waals surface area contributed by atoms with Crippen LogP contribution >= 0.6 is 0 Å². The molecule has 2 heterocycles. The Labute approximate surface area is 82.0 Å². The molecule has 0 aliphatic heterocycles. The third kappa shape index (κ3) is 1.41. The Kier molecular flexibility index (Phi) is 1.88. The van der Waals surface area contributed by atoms with Gasteiger partial charge < -0.3 is 5.11 Å². The number of hydrogen-bond acceptors (Lipinski definition) is 3. The van der Waals surface area contributed by atoms with Crippen molar-refractivity contribution in [3.63, 3.8) is 0 Å². The zero-order valence-corrected chi connectivity index (χ0v) is 7.26. The minimum atomic E-state index is -3.99. The zero-order valence-electron chi connectivity index (χ0n) is 7.26. The highest BCUT2D eigenvalue weighted by Gasteiger charge is 2.43. The summed E-state index contributed by atoms with van der Waals surface area (Å²) >= 11 is 0. The summed E-state index contributed by atoms with van der Waals surface area (Å²) in [5.74, 6) is -6.22. The number of aliphatic carboxylic acids is 1. The van der Waals surface area contributed by atoms with Crippen LogP contribution in [0.1, 0.15) is 5.69 Å².